The molecule has 7 heteroatoms. The van der Waals surface area contributed by atoms with Crippen LogP contribution in [0.2, 0.25) is 0 Å². The Morgan fingerprint density at radius 2 is 1.87 bits per heavy atom. The van der Waals surface area contributed by atoms with Gasteiger partial charge in [0.25, 0.3) is 5.91 Å². The van der Waals surface area contributed by atoms with Crippen LogP contribution in [0.15, 0.2) is 47.1 Å². The number of carbonyl (C=O) groups excluding carboxylic acids is 2. The van der Waals surface area contributed by atoms with Crippen molar-refractivity contribution in [3.05, 3.63) is 47.5 Å². The average molecular weight is 533 g/mol. The highest BCUT2D eigenvalue weighted by Gasteiger charge is 2.63. The van der Waals surface area contributed by atoms with Gasteiger partial charge < -0.3 is 20.0 Å². The summed E-state index contributed by atoms with van der Waals surface area (Å²) in [4.78, 5) is 30.2. The van der Waals surface area contributed by atoms with Crippen molar-refractivity contribution in [3.63, 3.8) is 0 Å². The number of amides is 1. The number of methoxy groups -OCH3 is 1. The maximum atomic E-state index is 12.6. The minimum Gasteiger partial charge on any atom is -0.467 e. The van der Waals surface area contributed by atoms with E-state index in [1.165, 1.54) is 12.7 Å². The molecule has 39 heavy (non-hydrogen) atoms. The van der Waals surface area contributed by atoms with Crippen LogP contribution in [-0.4, -0.2) is 42.0 Å². The molecule has 0 heterocycles. The number of hydrogen-bond acceptors (Lipinski definition) is 6. The van der Waals surface area contributed by atoms with E-state index in [4.69, 9.17) is 16.0 Å². The average Bonchev–Trinajstić information content (AvgIpc) is 3.22. The Labute approximate surface area is 231 Å². The zero-order valence-corrected chi connectivity index (χ0v) is 23.2. The number of benzene rings is 1. The summed E-state index contributed by atoms with van der Waals surface area (Å²) < 4.78 is 4.86. The second-order valence-corrected chi connectivity index (χ2v) is 12.3. The zero-order chi connectivity index (χ0) is 27.8. The van der Waals surface area contributed by atoms with E-state index in [9.17, 15) is 14.7 Å². The molecular formula is C32H40N2O5. The van der Waals surface area contributed by atoms with Gasteiger partial charge in [-0.3, -0.25) is 4.79 Å². The van der Waals surface area contributed by atoms with Gasteiger partial charge in [-0.05, 0) is 86.2 Å². The van der Waals surface area contributed by atoms with Crippen molar-refractivity contribution in [1.82, 2.24) is 5.32 Å². The Morgan fingerprint density at radius 3 is 2.59 bits per heavy atom. The molecule has 7 nitrogen and oxygen atoms in total. The summed E-state index contributed by atoms with van der Waals surface area (Å²) in [5, 5.41) is 18.2. The molecule has 0 aliphatic heterocycles. The zero-order valence-electron chi connectivity index (χ0n) is 23.2. The first-order valence-electron chi connectivity index (χ1n) is 14.2. The predicted molar refractivity (Wildman–Crippen MR) is 148 cm³/mol. The maximum absolute atomic E-state index is 12.6. The van der Waals surface area contributed by atoms with Gasteiger partial charge in [0.05, 0.1) is 12.8 Å². The number of esters is 1. The summed E-state index contributed by atoms with van der Waals surface area (Å²) in [5.74, 6) is 3.41. The third-order valence-corrected chi connectivity index (χ3v) is 10.6. The van der Waals surface area contributed by atoms with Gasteiger partial charge in [0.1, 0.15) is 5.60 Å². The fourth-order valence-electron chi connectivity index (χ4n) is 8.31. The van der Waals surface area contributed by atoms with Crippen LogP contribution >= 0.6 is 0 Å². The molecule has 1 aromatic carbocycles. The molecular weight excluding hydrogens is 492 g/mol. The van der Waals surface area contributed by atoms with Crippen LogP contribution < -0.4 is 5.32 Å². The van der Waals surface area contributed by atoms with E-state index < -0.39 is 23.5 Å². The molecule has 1 amide bonds. The lowest BCUT2D eigenvalue weighted by molar-refractivity contribution is -0.145. The molecule has 3 fully saturated rings. The summed E-state index contributed by atoms with van der Waals surface area (Å²) in [7, 11) is 1.29. The Hall–Kier alpha value is -3.11. The summed E-state index contributed by atoms with van der Waals surface area (Å²) in [5.41, 5.74) is 1.86. The number of nitrogens with zero attached hydrogens (tertiary/aromatic N) is 1. The van der Waals surface area contributed by atoms with Crippen molar-refractivity contribution in [3.8, 4) is 12.3 Å². The molecule has 0 bridgehead atoms. The van der Waals surface area contributed by atoms with Crippen LogP contribution in [0.3, 0.4) is 0 Å². The number of rotatable bonds is 6. The summed E-state index contributed by atoms with van der Waals surface area (Å²) >= 11 is 0. The van der Waals surface area contributed by atoms with Crippen LogP contribution in [-0.2, 0) is 19.2 Å². The molecule has 0 aromatic heterocycles. The van der Waals surface area contributed by atoms with Crippen LogP contribution in [0.25, 0.3) is 0 Å². The second kappa shape index (κ2) is 10.5. The smallest absolute Gasteiger partial charge is 0.333 e. The number of oxime groups is 1. The maximum Gasteiger partial charge on any atom is 0.333 e. The molecule has 0 radical (unpaired) electrons. The third-order valence-electron chi connectivity index (χ3n) is 10.6. The van der Waals surface area contributed by atoms with E-state index in [0.717, 1.165) is 50.7 Å². The number of nitrogens with one attached hydrogen (secondary N) is 1. The number of fused-ring (bicyclic) bond motifs is 5. The highest BCUT2D eigenvalue weighted by atomic mass is 16.6. The van der Waals surface area contributed by atoms with Gasteiger partial charge in [-0.15, -0.1) is 6.42 Å². The number of aliphatic hydroxyl groups is 1. The molecule has 208 valence electrons. The molecule has 2 N–H and O–H groups in total. The molecule has 0 spiro atoms. The third kappa shape index (κ3) is 4.67. The van der Waals surface area contributed by atoms with Gasteiger partial charge in [-0.2, -0.15) is 0 Å². The van der Waals surface area contributed by atoms with E-state index in [1.807, 2.05) is 6.07 Å². The first-order valence-corrected chi connectivity index (χ1v) is 14.2. The van der Waals surface area contributed by atoms with E-state index in [0.29, 0.717) is 29.7 Å². The molecule has 1 aromatic rings. The van der Waals surface area contributed by atoms with Crippen LogP contribution in [0, 0.1) is 40.9 Å². The van der Waals surface area contributed by atoms with Gasteiger partial charge in [0, 0.05) is 5.41 Å². The van der Waals surface area contributed by atoms with Crippen molar-refractivity contribution < 1.29 is 24.3 Å². The highest BCUT2D eigenvalue weighted by molar-refractivity contribution is 5.96. The SMILES string of the molecule is C#C[C@@]1(O)CC[C@H]2[C@@H]3CCC4=C/C(=N\OCC(=O)N[C@H](C(=O)OC)c5ccccc5)CC[C@]4(C)[C@H]3CC[C@@]21C. The lowest BCUT2D eigenvalue weighted by Crippen LogP contribution is -2.54. The van der Waals surface area contributed by atoms with E-state index in [2.05, 4.69) is 36.3 Å². The van der Waals surface area contributed by atoms with Crippen LogP contribution in [0.1, 0.15) is 76.8 Å². The quantitative estimate of drug-likeness (QED) is 0.314. The Balaban J connectivity index is 1.22. The number of hydrogen-bond donors (Lipinski definition) is 2. The lowest BCUT2D eigenvalue weighted by atomic mass is 9.46. The van der Waals surface area contributed by atoms with Gasteiger partial charge >= 0.3 is 5.97 Å². The van der Waals surface area contributed by atoms with Gasteiger partial charge in [0.15, 0.2) is 12.6 Å². The normalized spacial score (nSPS) is 36.8. The van der Waals surface area contributed by atoms with E-state index in [-0.39, 0.29) is 17.4 Å². The van der Waals surface area contributed by atoms with Crippen LogP contribution in [0.4, 0.5) is 0 Å². The van der Waals surface area contributed by atoms with Crippen molar-refractivity contribution in [2.24, 2.45) is 33.7 Å². The molecule has 4 aliphatic carbocycles. The summed E-state index contributed by atoms with van der Waals surface area (Å²) in [6, 6.07) is 8.06. The van der Waals surface area contributed by atoms with E-state index >= 15 is 0 Å². The molecule has 3 saturated carbocycles. The number of terminal acetylenes is 1. The van der Waals surface area contributed by atoms with Gasteiger partial charge in [-0.25, -0.2) is 4.79 Å². The summed E-state index contributed by atoms with van der Waals surface area (Å²) in [6.07, 6.45) is 15.7. The molecule has 7 atom stereocenters. The monoisotopic (exact) mass is 532 g/mol. The number of allylic oxidation sites excluding steroid dienone is 2. The fraction of sp³-hybridized carbons (Fsp3) is 0.594. The minimum absolute atomic E-state index is 0.112. The van der Waals surface area contributed by atoms with Gasteiger partial charge in [-0.1, -0.05) is 60.8 Å². The van der Waals surface area contributed by atoms with Crippen molar-refractivity contribution in [1.29, 1.82) is 0 Å². The Morgan fingerprint density at radius 1 is 1.13 bits per heavy atom. The van der Waals surface area contributed by atoms with Crippen molar-refractivity contribution in [2.75, 3.05) is 13.7 Å². The number of ether oxygens (including phenoxy) is 1. The van der Waals surface area contributed by atoms with Gasteiger partial charge in [0.2, 0.25) is 0 Å². The molecule has 0 saturated heterocycles. The number of carbonyl (C=O) groups is 2. The molecule has 4 aliphatic rings. The highest BCUT2D eigenvalue weighted by Crippen LogP contribution is 2.67. The largest absolute Gasteiger partial charge is 0.467 e. The van der Waals surface area contributed by atoms with Crippen molar-refractivity contribution in [2.45, 2.75) is 76.9 Å². The lowest BCUT2D eigenvalue weighted by Gasteiger charge is -2.58. The minimum atomic E-state index is -0.979. The molecule has 5 rings (SSSR count). The second-order valence-electron chi connectivity index (χ2n) is 12.3. The van der Waals surface area contributed by atoms with Crippen LogP contribution in [0.5, 0.6) is 0 Å². The first-order chi connectivity index (χ1) is 18.6. The summed E-state index contributed by atoms with van der Waals surface area (Å²) in [6.45, 7) is 4.34. The fourth-order valence-corrected chi connectivity index (χ4v) is 8.31. The topological polar surface area (TPSA) is 97.2 Å². The molecule has 0 unspecified atom stereocenters. The Bertz CT molecular complexity index is 1220. The predicted octanol–water partition coefficient (Wildman–Crippen LogP) is 4.72. The van der Waals surface area contributed by atoms with Crippen molar-refractivity contribution >= 4 is 17.6 Å². The van der Waals surface area contributed by atoms with E-state index in [1.54, 1.807) is 24.3 Å². The first kappa shape index (κ1) is 27.5. The standard InChI is InChI=1S/C32H40N2O5/c1-5-32(37)18-15-26-24-12-11-22-19-23(13-16-30(22,2)25(24)14-17-31(26,32)3)34-39-20-27(35)33-28(29(36)38-4)21-9-7-6-8-10-21/h1,6-10,19,24-26,28,37H,11-18,20H2,2-4H3,(H,33,35)/b34-23-/t24-,25+,26+,28+,30+,31+,32-/m1/s1. The Kier molecular flexibility index (Phi) is 7.37.